The van der Waals surface area contributed by atoms with E-state index < -0.39 is 30.2 Å². The summed E-state index contributed by atoms with van der Waals surface area (Å²) in [6, 6.07) is 12.2. The van der Waals surface area contributed by atoms with E-state index in [2.05, 4.69) is 0 Å². The first-order chi connectivity index (χ1) is 12.0. The van der Waals surface area contributed by atoms with Crippen molar-refractivity contribution >= 4 is 12.1 Å². The molecule has 0 unspecified atom stereocenters. The van der Waals surface area contributed by atoms with Crippen molar-refractivity contribution in [2.45, 2.75) is 19.6 Å². The van der Waals surface area contributed by atoms with Gasteiger partial charge in [0.1, 0.15) is 18.2 Å². The number of ether oxygens (including phenoxy) is 1. The van der Waals surface area contributed by atoms with Gasteiger partial charge in [-0.3, -0.25) is 4.79 Å². The minimum atomic E-state index is -1.13. The summed E-state index contributed by atoms with van der Waals surface area (Å²) in [5.41, 5.74) is 0.427. The fourth-order valence-electron chi connectivity index (χ4n) is 2.15. The second kappa shape index (κ2) is 8.77. The average molecular weight is 349 g/mol. The standard InChI is InChI=1S/C18H17F2NO4/c19-15-7-4-8-16(20)14(15)11-21(10-9-17(22)23)18(24)25-12-13-5-2-1-3-6-13/h1-8H,9-12H2,(H,22,23). The zero-order valence-electron chi connectivity index (χ0n) is 13.3. The zero-order chi connectivity index (χ0) is 18.2. The van der Waals surface area contributed by atoms with E-state index in [0.29, 0.717) is 0 Å². The minimum absolute atomic E-state index is 0.0248. The Labute approximate surface area is 143 Å². The van der Waals surface area contributed by atoms with Gasteiger partial charge in [0, 0.05) is 12.1 Å². The first-order valence-electron chi connectivity index (χ1n) is 7.57. The highest BCUT2D eigenvalue weighted by Gasteiger charge is 2.20. The Hall–Kier alpha value is -2.96. The fraction of sp³-hybridized carbons (Fsp3) is 0.222. The van der Waals surface area contributed by atoms with Crippen molar-refractivity contribution in [2.24, 2.45) is 0 Å². The van der Waals surface area contributed by atoms with Gasteiger partial charge in [0.25, 0.3) is 0 Å². The molecule has 0 bridgehead atoms. The molecule has 132 valence electrons. The fourth-order valence-corrected chi connectivity index (χ4v) is 2.15. The molecule has 0 aliphatic carbocycles. The molecule has 2 aromatic carbocycles. The summed E-state index contributed by atoms with van der Waals surface area (Å²) in [7, 11) is 0. The van der Waals surface area contributed by atoms with Crippen LogP contribution in [-0.4, -0.2) is 28.6 Å². The molecule has 0 radical (unpaired) electrons. The number of halogens is 2. The van der Waals surface area contributed by atoms with Gasteiger partial charge in [-0.25, -0.2) is 13.6 Å². The Morgan fingerprint density at radius 3 is 2.24 bits per heavy atom. The monoisotopic (exact) mass is 349 g/mol. The molecule has 2 rings (SSSR count). The number of benzene rings is 2. The number of carbonyl (C=O) groups is 2. The molecule has 0 spiro atoms. The van der Waals surface area contributed by atoms with E-state index in [0.717, 1.165) is 22.6 Å². The predicted octanol–water partition coefficient (Wildman–Crippen LogP) is 3.58. The summed E-state index contributed by atoms with van der Waals surface area (Å²) in [5.74, 6) is -2.75. The maximum absolute atomic E-state index is 13.8. The number of nitrogens with zero attached hydrogens (tertiary/aromatic N) is 1. The van der Waals surface area contributed by atoms with Crippen LogP contribution in [0.4, 0.5) is 13.6 Å². The molecule has 1 amide bonds. The van der Waals surface area contributed by atoms with E-state index >= 15 is 0 Å². The lowest BCUT2D eigenvalue weighted by molar-refractivity contribution is -0.137. The molecule has 1 N–H and O–H groups in total. The minimum Gasteiger partial charge on any atom is -0.481 e. The van der Waals surface area contributed by atoms with Gasteiger partial charge >= 0.3 is 12.1 Å². The van der Waals surface area contributed by atoms with Crippen LogP contribution in [0.5, 0.6) is 0 Å². The van der Waals surface area contributed by atoms with Crippen LogP contribution < -0.4 is 0 Å². The highest BCUT2D eigenvalue weighted by atomic mass is 19.1. The number of aliphatic carboxylic acids is 1. The maximum atomic E-state index is 13.8. The van der Waals surface area contributed by atoms with Crippen molar-refractivity contribution in [3.63, 3.8) is 0 Å². The van der Waals surface area contributed by atoms with Crippen molar-refractivity contribution in [1.82, 2.24) is 4.90 Å². The quantitative estimate of drug-likeness (QED) is 0.830. The zero-order valence-corrected chi connectivity index (χ0v) is 13.3. The molecule has 0 fully saturated rings. The summed E-state index contributed by atoms with van der Waals surface area (Å²) in [6.07, 6.45) is -1.20. The van der Waals surface area contributed by atoms with Crippen molar-refractivity contribution in [3.05, 3.63) is 71.3 Å². The van der Waals surface area contributed by atoms with Gasteiger partial charge in [-0.15, -0.1) is 0 Å². The first kappa shape index (κ1) is 18.4. The van der Waals surface area contributed by atoms with Crippen LogP contribution >= 0.6 is 0 Å². The third-order valence-corrected chi connectivity index (χ3v) is 3.47. The highest BCUT2D eigenvalue weighted by Crippen LogP contribution is 2.16. The molecular formula is C18H17F2NO4. The Morgan fingerprint density at radius 2 is 1.64 bits per heavy atom. The molecule has 5 nitrogen and oxygen atoms in total. The molecule has 0 saturated carbocycles. The average Bonchev–Trinajstić information content (AvgIpc) is 2.59. The van der Waals surface area contributed by atoms with Crippen LogP contribution in [0.2, 0.25) is 0 Å². The molecule has 0 heterocycles. The Kier molecular flexibility index (Phi) is 6.45. The summed E-state index contributed by atoms with van der Waals surface area (Å²) >= 11 is 0. The largest absolute Gasteiger partial charge is 0.481 e. The van der Waals surface area contributed by atoms with Crippen LogP contribution in [0.25, 0.3) is 0 Å². The Morgan fingerprint density at radius 1 is 1.00 bits per heavy atom. The van der Waals surface area contributed by atoms with Gasteiger partial charge in [-0.2, -0.15) is 0 Å². The second-order valence-electron chi connectivity index (χ2n) is 5.31. The highest BCUT2D eigenvalue weighted by molar-refractivity contribution is 5.70. The van der Waals surface area contributed by atoms with E-state index in [1.165, 1.54) is 6.07 Å². The van der Waals surface area contributed by atoms with Crippen LogP contribution in [0.15, 0.2) is 48.5 Å². The maximum Gasteiger partial charge on any atom is 0.410 e. The molecule has 0 saturated heterocycles. The van der Waals surface area contributed by atoms with E-state index in [4.69, 9.17) is 9.84 Å². The molecule has 0 atom stereocenters. The van der Waals surface area contributed by atoms with Gasteiger partial charge in [-0.1, -0.05) is 36.4 Å². The van der Waals surface area contributed by atoms with E-state index in [-0.39, 0.29) is 25.1 Å². The third kappa shape index (κ3) is 5.56. The normalized spacial score (nSPS) is 10.3. The molecular weight excluding hydrogens is 332 g/mol. The molecule has 2 aromatic rings. The summed E-state index contributed by atoms with van der Waals surface area (Å²) in [5, 5.41) is 8.80. The molecule has 7 heteroatoms. The Balaban J connectivity index is 2.08. The number of rotatable bonds is 7. The lowest BCUT2D eigenvalue weighted by Gasteiger charge is -2.22. The molecule has 0 aliphatic rings. The van der Waals surface area contributed by atoms with Crippen molar-refractivity contribution in [2.75, 3.05) is 6.54 Å². The van der Waals surface area contributed by atoms with Crippen molar-refractivity contribution < 1.29 is 28.2 Å². The smallest absolute Gasteiger partial charge is 0.410 e. The topological polar surface area (TPSA) is 66.8 Å². The number of amides is 1. The SMILES string of the molecule is O=C(O)CCN(Cc1c(F)cccc1F)C(=O)OCc1ccccc1. The van der Waals surface area contributed by atoms with E-state index in [9.17, 15) is 18.4 Å². The number of carboxylic acid groups (broad SMARTS) is 1. The lowest BCUT2D eigenvalue weighted by atomic mass is 10.2. The Bertz CT molecular complexity index is 717. The van der Waals surface area contributed by atoms with Gasteiger partial charge in [0.05, 0.1) is 13.0 Å². The van der Waals surface area contributed by atoms with E-state index in [1.807, 2.05) is 6.07 Å². The summed E-state index contributed by atoms with van der Waals surface area (Å²) in [4.78, 5) is 24.0. The predicted molar refractivity (Wildman–Crippen MR) is 85.6 cm³/mol. The second-order valence-corrected chi connectivity index (χ2v) is 5.31. The lowest BCUT2D eigenvalue weighted by Crippen LogP contribution is -2.33. The first-order valence-corrected chi connectivity index (χ1v) is 7.57. The van der Waals surface area contributed by atoms with Crippen molar-refractivity contribution in [3.8, 4) is 0 Å². The van der Waals surface area contributed by atoms with Crippen LogP contribution in [0.1, 0.15) is 17.5 Å². The van der Waals surface area contributed by atoms with Crippen LogP contribution in [0, 0.1) is 11.6 Å². The molecule has 0 aromatic heterocycles. The van der Waals surface area contributed by atoms with Crippen LogP contribution in [0.3, 0.4) is 0 Å². The number of carboxylic acids is 1. The number of carbonyl (C=O) groups excluding carboxylic acids is 1. The third-order valence-electron chi connectivity index (χ3n) is 3.47. The number of hydrogen-bond donors (Lipinski definition) is 1. The summed E-state index contributed by atoms with van der Waals surface area (Å²) < 4.78 is 32.7. The van der Waals surface area contributed by atoms with Crippen molar-refractivity contribution in [1.29, 1.82) is 0 Å². The van der Waals surface area contributed by atoms with Crippen LogP contribution in [-0.2, 0) is 22.7 Å². The van der Waals surface area contributed by atoms with Gasteiger partial charge in [0.15, 0.2) is 0 Å². The molecule has 25 heavy (non-hydrogen) atoms. The number of hydrogen-bond acceptors (Lipinski definition) is 3. The van der Waals surface area contributed by atoms with Gasteiger partial charge in [-0.05, 0) is 17.7 Å². The van der Waals surface area contributed by atoms with E-state index in [1.54, 1.807) is 24.3 Å². The van der Waals surface area contributed by atoms with Gasteiger partial charge in [0.2, 0.25) is 0 Å². The van der Waals surface area contributed by atoms with Gasteiger partial charge < -0.3 is 14.7 Å². The molecule has 0 aliphatic heterocycles. The summed E-state index contributed by atoms with van der Waals surface area (Å²) in [6.45, 7) is -0.668.